The van der Waals surface area contributed by atoms with E-state index in [-0.39, 0.29) is 0 Å². The van der Waals surface area contributed by atoms with Gasteiger partial charge in [-0.1, -0.05) is 94.4 Å². The highest BCUT2D eigenvalue weighted by Crippen LogP contribution is 2.75. The van der Waals surface area contributed by atoms with Gasteiger partial charge in [0.05, 0.1) is 0 Å². The van der Waals surface area contributed by atoms with Gasteiger partial charge in [-0.2, -0.15) is 0 Å². The summed E-state index contributed by atoms with van der Waals surface area (Å²) in [5.74, 6) is 4.28. The zero-order valence-corrected chi connectivity index (χ0v) is 22.4. The summed E-state index contributed by atoms with van der Waals surface area (Å²) in [5, 5.41) is 0. The second kappa shape index (κ2) is 8.74. The van der Waals surface area contributed by atoms with Crippen molar-refractivity contribution in [2.75, 3.05) is 0 Å². The van der Waals surface area contributed by atoms with Crippen LogP contribution >= 0.6 is 0 Å². The molecule has 0 aromatic rings. The highest BCUT2D eigenvalue weighted by Gasteiger charge is 2.66. The molecule has 3 rings (SSSR count). The van der Waals surface area contributed by atoms with Crippen molar-refractivity contribution in [3.8, 4) is 0 Å². The van der Waals surface area contributed by atoms with E-state index in [9.17, 15) is 0 Å². The van der Waals surface area contributed by atoms with E-state index in [2.05, 4.69) is 62.3 Å². The lowest BCUT2D eigenvalue weighted by atomic mass is 9.34. The molecule has 0 aromatic carbocycles. The first-order chi connectivity index (χ1) is 13.9. The summed E-state index contributed by atoms with van der Waals surface area (Å²) in [6.07, 6.45) is 17.9. The van der Waals surface area contributed by atoms with Crippen LogP contribution in [0.1, 0.15) is 139 Å². The van der Waals surface area contributed by atoms with Crippen molar-refractivity contribution >= 4 is 0 Å². The average molecular weight is 417 g/mol. The van der Waals surface area contributed by atoms with E-state index in [1.165, 1.54) is 77.0 Å². The fraction of sp³-hybridized carbons (Fsp3) is 1.00. The molecule has 176 valence electrons. The van der Waals surface area contributed by atoms with Crippen molar-refractivity contribution in [3.05, 3.63) is 0 Å². The topological polar surface area (TPSA) is 0 Å². The van der Waals surface area contributed by atoms with Crippen LogP contribution in [-0.2, 0) is 0 Å². The van der Waals surface area contributed by atoms with Gasteiger partial charge in [-0.3, -0.25) is 0 Å². The van der Waals surface area contributed by atoms with Crippen LogP contribution in [0.5, 0.6) is 0 Å². The number of hydrogen-bond acceptors (Lipinski definition) is 0. The van der Waals surface area contributed by atoms with Gasteiger partial charge in [0, 0.05) is 0 Å². The second-order valence-electron chi connectivity index (χ2n) is 13.9. The Morgan fingerprint density at radius 1 is 0.600 bits per heavy atom. The van der Waals surface area contributed by atoms with Crippen molar-refractivity contribution in [2.24, 2.45) is 51.2 Å². The van der Waals surface area contributed by atoms with Crippen LogP contribution < -0.4 is 0 Å². The van der Waals surface area contributed by atoms with Crippen LogP contribution in [-0.4, -0.2) is 0 Å². The predicted octanol–water partition coefficient (Wildman–Crippen LogP) is 9.91. The molecule has 0 heteroatoms. The van der Waals surface area contributed by atoms with Gasteiger partial charge in [0.25, 0.3) is 0 Å². The smallest absolute Gasteiger partial charge is 0.0174 e. The van der Waals surface area contributed by atoms with E-state index in [4.69, 9.17) is 0 Å². The maximum atomic E-state index is 2.69. The van der Waals surface area contributed by atoms with Crippen molar-refractivity contribution in [2.45, 2.75) is 139 Å². The standard InChI is InChI=1S/C30H56/c1-22(2)27(9)15-11-17-30(21-27,28(23(3)4)18-13-25(7)14-19-28)29(24(5)6)16-10-12-26(8)20-29/h22-26H,10-21H2,1-9H3. The maximum Gasteiger partial charge on any atom is -0.0174 e. The van der Waals surface area contributed by atoms with Gasteiger partial charge >= 0.3 is 0 Å². The molecule has 0 spiro atoms. The molecule has 0 radical (unpaired) electrons. The van der Waals surface area contributed by atoms with Crippen molar-refractivity contribution in [3.63, 3.8) is 0 Å². The van der Waals surface area contributed by atoms with Gasteiger partial charge in [-0.15, -0.1) is 0 Å². The van der Waals surface area contributed by atoms with E-state index in [0.717, 1.165) is 29.6 Å². The first-order valence-electron chi connectivity index (χ1n) is 13.9. The summed E-state index contributed by atoms with van der Waals surface area (Å²) in [7, 11) is 0. The third-order valence-electron chi connectivity index (χ3n) is 11.8. The lowest BCUT2D eigenvalue weighted by Crippen LogP contribution is -2.63. The highest BCUT2D eigenvalue weighted by atomic mass is 14.7. The van der Waals surface area contributed by atoms with Crippen LogP contribution in [0.3, 0.4) is 0 Å². The van der Waals surface area contributed by atoms with Gasteiger partial charge in [-0.05, 0) is 96.2 Å². The molecule has 0 nitrogen and oxygen atoms in total. The summed E-state index contributed by atoms with van der Waals surface area (Å²) in [6.45, 7) is 23.4. The SMILES string of the molecule is CC1CCC(C(C)C)(C2(C3(C(C)C)CCCC(C)C3)CCCC(C)(C(C)C)C2)CC1. The van der Waals surface area contributed by atoms with Crippen LogP contribution in [0.25, 0.3) is 0 Å². The van der Waals surface area contributed by atoms with Crippen LogP contribution in [0.4, 0.5) is 0 Å². The normalized spacial score (nSPS) is 46.0. The summed E-state index contributed by atoms with van der Waals surface area (Å²) >= 11 is 0. The molecule has 30 heavy (non-hydrogen) atoms. The minimum Gasteiger partial charge on any atom is -0.0625 e. The van der Waals surface area contributed by atoms with E-state index < -0.39 is 0 Å². The van der Waals surface area contributed by atoms with E-state index in [0.29, 0.717) is 21.7 Å². The molecule has 0 amide bonds. The van der Waals surface area contributed by atoms with Gasteiger partial charge < -0.3 is 0 Å². The first kappa shape index (κ1) is 24.6. The lowest BCUT2D eigenvalue weighted by Gasteiger charge is -2.71. The summed E-state index contributed by atoms with van der Waals surface area (Å²) in [6, 6.07) is 0. The van der Waals surface area contributed by atoms with Crippen molar-refractivity contribution in [1.82, 2.24) is 0 Å². The van der Waals surface area contributed by atoms with Gasteiger partial charge in [0.1, 0.15) is 0 Å². The molecule has 0 aromatic heterocycles. The predicted molar refractivity (Wildman–Crippen MR) is 134 cm³/mol. The van der Waals surface area contributed by atoms with Crippen molar-refractivity contribution < 1.29 is 0 Å². The van der Waals surface area contributed by atoms with E-state index in [1.807, 2.05) is 0 Å². The Balaban J connectivity index is 2.23. The zero-order valence-electron chi connectivity index (χ0n) is 22.4. The Morgan fingerprint density at radius 3 is 1.70 bits per heavy atom. The molecular weight excluding hydrogens is 360 g/mol. The fourth-order valence-electron chi connectivity index (χ4n) is 9.49. The van der Waals surface area contributed by atoms with Gasteiger partial charge in [0.2, 0.25) is 0 Å². The highest BCUT2D eigenvalue weighted by molar-refractivity contribution is 5.15. The lowest BCUT2D eigenvalue weighted by molar-refractivity contribution is -0.219. The molecule has 0 aliphatic heterocycles. The number of hydrogen-bond donors (Lipinski definition) is 0. The Bertz CT molecular complexity index is 563. The second-order valence-corrected chi connectivity index (χ2v) is 13.9. The third kappa shape index (κ3) is 3.73. The average Bonchev–Trinajstić information content (AvgIpc) is 2.68. The largest absolute Gasteiger partial charge is 0.0625 e. The van der Waals surface area contributed by atoms with Crippen LogP contribution in [0, 0.1) is 51.2 Å². The Morgan fingerprint density at radius 2 is 1.20 bits per heavy atom. The molecule has 0 saturated heterocycles. The molecule has 0 N–H and O–H groups in total. The quantitative estimate of drug-likeness (QED) is 0.418. The fourth-order valence-corrected chi connectivity index (χ4v) is 9.49. The van der Waals surface area contributed by atoms with Gasteiger partial charge in [-0.25, -0.2) is 0 Å². The summed E-state index contributed by atoms with van der Waals surface area (Å²) in [5.41, 5.74) is 2.16. The Labute approximate surface area is 190 Å². The minimum atomic E-state index is 0.520. The Hall–Kier alpha value is 0. The molecule has 3 saturated carbocycles. The Kier molecular flexibility index (Phi) is 7.18. The number of rotatable bonds is 5. The van der Waals surface area contributed by atoms with E-state index in [1.54, 1.807) is 0 Å². The molecule has 0 heterocycles. The molecule has 0 bridgehead atoms. The molecule has 3 aliphatic carbocycles. The molecule has 4 unspecified atom stereocenters. The van der Waals surface area contributed by atoms with Gasteiger partial charge in [0.15, 0.2) is 0 Å². The molecular formula is C30H56. The van der Waals surface area contributed by atoms with E-state index >= 15 is 0 Å². The summed E-state index contributed by atoms with van der Waals surface area (Å²) < 4.78 is 0. The molecule has 3 aliphatic rings. The first-order valence-corrected chi connectivity index (χ1v) is 13.9. The molecule has 4 atom stereocenters. The monoisotopic (exact) mass is 416 g/mol. The minimum absolute atomic E-state index is 0.520. The summed E-state index contributed by atoms with van der Waals surface area (Å²) in [4.78, 5) is 0. The third-order valence-corrected chi connectivity index (χ3v) is 11.8. The molecule has 3 fully saturated rings. The van der Waals surface area contributed by atoms with Crippen molar-refractivity contribution in [1.29, 1.82) is 0 Å². The van der Waals surface area contributed by atoms with Crippen LogP contribution in [0.2, 0.25) is 0 Å². The maximum absolute atomic E-state index is 2.69. The van der Waals surface area contributed by atoms with Crippen LogP contribution in [0.15, 0.2) is 0 Å². The zero-order chi connectivity index (χ0) is 22.4.